The maximum atomic E-state index is 12.9. The van der Waals surface area contributed by atoms with E-state index in [-0.39, 0.29) is 5.91 Å². The van der Waals surface area contributed by atoms with E-state index in [1.54, 1.807) is 4.90 Å². The first-order chi connectivity index (χ1) is 13.0. The van der Waals surface area contributed by atoms with Crippen LogP contribution in [0.15, 0.2) is 53.4 Å². The largest absolute Gasteiger partial charge is 0.270 e. The highest BCUT2D eigenvalue weighted by molar-refractivity contribution is 8.27. The Morgan fingerprint density at radius 1 is 1.07 bits per heavy atom. The van der Waals surface area contributed by atoms with Crippen LogP contribution in [0.4, 0.5) is 5.69 Å². The molecule has 4 heteroatoms. The molecule has 1 fully saturated rings. The number of nitrogens with zero attached hydrogens (tertiary/aromatic N) is 1. The lowest BCUT2D eigenvalue weighted by Crippen LogP contribution is -2.27. The maximum absolute atomic E-state index is 12.9. The van der Waals surface area contributed by atoms with Crippen molar-refractivity contribution < 1.29 is 4.79 Å². The standard InChI is InChI=1S/C23H25NOS2/c1-4-5-6-17-9-13-20(14-10-17)24-22(25)21(27-23(24)26)15-18-7-11-19(12-8-18)16(2)3/h7-16H,4-6H2,1-3H3. The van der Waals surface area contributed by atoms with Crippen molar-refractivity contribution in [3.8, 4) is 0 Å². The van der Waals surface area contributed by atoms with Crippen molar-refractivity contribution in [2.45, 2.75) is 46.0 Å². The lowest BCUT2D eigenvalue weighted by atomic mass is 10.0. The zero-order chi connectivity index (χ0) is 19.4. The highest BCUT2D eigenvalue weighted by atomic mass is 32.2. The molecule has 1 aliphatic heterocycles. The summed E-state index contributed by atoms with van der Waals surface area (Å²) in [5, 5.41) is 0. The summed E-state index contributed by atoms with van der Waals surface area (Å²) < 4.78 is 0.589. The Labute approximate surface area is 171 Å². The number of anilines is 1. The SMILES string of the molecule is CCCCc1ccc(N2C(=O)C(=Cc3ccc(C(C)C)cc3)SC2=S)cc1. The number of aryl methyl sites for hydroxylation is 1. The van der Waals surface area contributed by atoms with Gasteiger partial charge in [-0.15, -0.1) is 0 Å². The highest BCUT2D eigenvalue weighted by Crippen LogP contribution is 2.36. The molecule has 3 rings (SSSR count). The van der Waals surface area contributed by atoms with Crippen molar-refractivity contribution in [1.29, 1.82) is 0 Å². The second-order valence-electron chi connectivity index (χ2n) is 7.11. The molecular weight excluding hydrogens is 370 g/mol. The van der Waals surface area contributed by atoms with Gasteiger partial charge in [0, 0.05) is 0 Å². The second kappa shape index (κ2) is 8.85. The molecule has 0 N–H and O–H groups in total. The third-order valence-electron chi connectivity index (χ3n) is 4.71. The summed E-state index contributed by atoms with van der Waals surface area (Å²) in [6.07, 6.45) is 5.36. The molecule has 1 aliphatic rings. The molecule has 0 unspecified atom stereocenters. The molecule has 0 saturated carbocycles. The zero-order valence-electron chi connectivity index (χ0n) is 16.1. The normalized spacial score (nSPS) is 16.0. The van der Waals surface area contributed by atoms with Gasteiger partial charge in [-0.05, 0) is 53.7 Å². The molecule has 0 radical (unpaired) electrons. The lowest BCUT2D eigenvalue weighted by Gasteiger charge is -2.15. The van der Waals surface area contributed by atoms with Crippen LogP contribution in [0.5, 0.6) is 0 Å². The zero-order valence-corrected chi connectivity index (χ0v) is 17.7. The summed E-state index contributed by atoms with van der Waals surface area (Å²) in [7, 11) is 0. The number of benzene rings is 2. The Hall–Kier alpha value is -1.91. The number of hydrogen-bond donors (Lipinski definition) is 0. The Morgan fingerprint density at radius 3 is 2.33 bits per heavy atom. The molecule has 1 heterocycles. The highest BCUT2D eigenvalue weighted by Gasteiger charge is 2.33. The third kappa shape index (κ3) is 4.69. The van der Waals surface area contributed by atoms with E-state index >= 15 is 0 Å². The number of thiocarbonyl (C=S) groups is 1. The van der Waals surface area contributed by atoms with E-state index < -0.39 is 0 Å². The number of hydrogen-bond acceptors (Lipinski definition) is 3. The van der Waals surface area contributed by atoms with Gasteiger partial charge in [0.15, 0.2) is 4.32 Å². The Bertz CT molecular complexity index is 851. The van der Waals surface area contributed by atoms with Crippen molar-refractivity contribution in [1.82, 2.24) is 0 Å². The average molecular weight is 396 g/mol. The van der Waals surface area contributed by atoms with E-state index in [0.29, 0.717) is 15.1 Å². The van der Waals surface area contributed by atoms with Crippen LogP contribution in [-0.2, 0) is 11.2 Å². The molecule has 140 valence electrons. The van der Waals surface area contributed by atoms with E-state index in [4.69, 9.17) is 12.2 Å². The monoisotopic (exact) mass is 395 g/mol. The van der Waals surface area contributed by atoms with Gasteiger partial charge < -0.3 is 0 Å². The smallest absolute Gasteiger partial charge is 0.268 e. The van der Waals surface area contributed by atoms with Crippen molar-refractivity contribution in [3.05, 3.63) is 70.1 Å². The van der Waals surface area contributed by atoms with Crippen LogP contribution in [0.2, 0.25) is 0 Å². The maximum Gasteiger partial charge on any atom is 0.270 e. The molecule has 2 aromatic carbocycles. The van der Waals surface area contributed by atoms with Crippen LogP contribution >= 0.6 is 24.0 Å². The van der Waals surface area contributed by atoms with Gasteiger partial charge in [-0.1, -0.05) is 87.6 Å². The van der Waals surface area contributed by atoms with Gasteiger partial charge in [-0.3, -0.25) is 9.69 Å². The minimum Gasteiger partial charge on any atom is -0.268 e. The molecular formula is C23H25NOS2. The number of amides is 1. The molecule has 27 heavy (non-hydrogen) atoms. The average Bonchev–Trinajstić information content (AvgIpc) is 2.94. The van der Waals surface area contributed by atoms with Crippen LogP contribution in [0, 0.1) is 0 Å². The quantitative estimate of drug-likeness (QED) is 0.408. The van der Waals surface area contributed by atoms with Crippen LogP contribution in [-0.4, -0.2) is 10.2 Å². The summed E-state index contributed by atoms with van der Waals surface area (Å²) >= 11 is 6.85. The van der Waals surface area contributed by atoms with E-state index in [1.807, 2.05) is 18.2 Å². The van der Waals surface area contributed by atoms with Gasteiger partial charge in [0.05, 0.1) is 10.6 Å². The Kier molecular flexibility index (Phi) is 6.51. The molecule has 0 atom stereocenters. The predicted octanol–water partition coefficient (Wildman–Crippen LogP) is 6.56. The fourth-order valence-corrected chi connectivity index (χ4v) is 4.31. The van der Waals surface area contributed by atoms with E-state index in [9.17, 15) is 4.79 Å². The summed E-state index contributed by atoms with van der Waals surface area (Å²) in [6.45, 7) is 6.54. The minimum absolute atomic E-state index is 0.0424. The van der Waals surface area contributed by atoms with Crippen LogP contribution in [0.25, 0.3) is 6.08 Å². The topological polar surface area (TPSA) is 20.3 Å². The summed E-state index contributed by atoms with van der Waals surface area (Å²) in [5.74, 6) is 0.455. The van der Waals surface area contributed by atoms with Crippen molar-refractivity contribution >= 4 is 46.0 Å². The Balaban J connectivity index is 1.78. The van der Waals surface area contributed by atoms with Crippen molar-refractivity contribution in [3.63, 3.8) is 0 Å². The molecule has 2 aromatic rings. The minimum atomic E-state index is -0.0424. The van der Waals surface area contributed by atoms with E-state index in [1.165, 1.54) is 35.7 Å². The third-order valence-corrected chi connectivity index (χ3v) is 6.01. The number of rotatable bonds is 6. The number of unbranched alkanes of at least 4 members (excludes halogenated alkanes) is 1. The van der Waals surface area contributed by atoms with E-state index in [0.717, 1.165) is 17.7 Å². The summed E-state index contributed by atoms with van der Waals surface area (Å²) in [5.41, 5.74) is 4.46. The molecule has 0 bridgehead atoms. The molecule has 0 aliphatic carbocycles. The fraction of sp³-hybridized carbons (Fsp3) is 0.304. The molecule has 0 spiro atoms. The van der Waals surface area contributed by atoms with Crippen molar-refractivity contribution in [2.24, 2.45) is 0 Å². The summed E-state index contributed by atoms with van der Waals surface area (Å²) in [6, 6.07) is 16.5. The second-order valence-corrected chi connectivity index (χ2v) is 8.78. The first kappa shape index (κ1) is 19.8. The van der Waals surface area contributed by atoms with Gasteiger partial charge in [0.25, 0.3) is 5.91 Å². The van der Waals surface area contributed by atoms with Gasteiger partial charge in [-0.2, -0.15) is 0 Å². The number of thioether (sulfide) groups is 1. The van der Waals surface area contributed by atoms with Crippen molar-refractivity contribution in [2.75, 3.05) is 4.90 Å². The van der Waals surface area contributed by atoms with Gasteiger partial charge in [-0.25, -0.2) is 0 Å². The molecule has 0 aromatic heterocycles. The van der Waals surface area contributed by atoms with Crippen LogP contribution < -0.4 is 4.90 Å². The molecule has 2 nitrogen and oxygen atoms in total. The van der Waals surface area contributed by atoms with Gasteiger partial charge in [0.2, 0.25) is 0 Å². The fourth-order valence-electron chi connectivity index (χ4n) is 3.01. The first-order valence-electron chi connectivity index (χ1n) is 9.46. The van der Waals surface area contributed by atoms with Crippen LogP contribution in [0.1, 0.15) is 56.2 Å². The predicted molar refractivity (Wildman–Crippen MR) is 121 cm³/mol. The Morgan fingerprint density at radius 2 is 1.74 bits per heavy atom. The van der Waals surface area contributed by atoms with Crippen LogP contribution in [0.3, 0.4) is 0 Å². The first-order valence-corrected chi connectivity index (χ1v) is 10.7. The van der Waals surface area contributed by atoms with Gasteiger partial charge in [0.1, 0.15) is 0 Å². The van der Waals surface area contributed by atoms with Gasteiger partial charge >= 0.3 is 0 Å². The van der Waals surface area contributed by atoms with E-state index in [2.05, 4.69) is 57.2 Å². The lowest BCUT2D eigenvalue weighted by molar-refractivity contribution is -0.113. The number of carbonyl (C=O) groups excluding carboxylic acids is 1. The number of carbonyl (C=O) groups is 1. The molecule has 1 amide bonds. The molecule has 1 saturated heterocycles. The summed E-state index contributed by atoms with van der Waals surface area (Å²) in [4.78, 5) is 15.2.